The van der Waals surface area contributed by atoms with Crippen LogP contribution in [0.15, 0.2) is 72.8 Å². The number of hydrogen-bond donors (Lipinski definition) is 2. The minimum atomic E-state index is -1.17. The molecule has 1 fully saturated rings. The fourth-order valence-corrected chi connectivity index (χ4v) is 4.16. The lowest BCUT2D eigenvalue weighted by Gasteiger charge is -2.40. The molecule has 3 aromatic rings. The fraction of sp³-hybridized carbons (Fsp3) is 0.269. The van der Waals surface area contributed by atoms with Gasteiger partial charge in [-0.25, -0.2) is 9.59 Å². The van der Waals surface area contributed by atoms with E-state index in [-0.39, 0.29) is 19.7 Å². The highest BCUT2D eigenvalue weighted by Crippen LogP contribution is 2.28. The van der Waals surface area contributed by atoms with Gasteiger partial charge in [-0.1, -0.05) is 66.7 Å². The van der Waals surface area contributed by atoms with Crippen molar-refractivity contribution in [3.05, 3.63) is 78.4 Å². The molecule has 1 heterocycles. The van der Waals surface area contributed by atoms with Crippen LogP contribution in [0.4, 0.5) is 10.5 Å². The Morgan fingerprint density at radius 2 is 1.71 bits per heavy atom. The Morgan fingerprint density at radius 1 is 1.00 bits per heavy atom. The van der Waals surface area contributed by atoms with E-state index in [0.29, 0.717) is 6.54 Å². The molecule has 4 rings (SSSR count). The minimum Gasteiger partial charge on any atom is -0.465 e. The minimum absolute atomic E-state index is 0.0966. The van der Waals surface area contributed by atoms with Crippen molar-refractivity contribution in [1.82, 2.24) is 10.2 Å². The number of carbonyl (C=O) groups is 3. The van der Waals surface area contributed by atoms with Gasteiger partial charge in [0.25, 0.3) is 0 Å². The Bertz CT molecular complexity index is 1180. The first-order chi connectivity index (χ1) is 16.4. The summed E-state index contributed by atoms with van der Waals surface area (Å²) in [6, 6.07) is 21.2. The summed E-state index contributed by atoms with van der Waals surface area (Å²) < 4.78 is 5.30. The van der Waals surface area contributed by atoms with Crippen LogP contribution >= 0.6 is 0 Å². The number of rotatable bonds is 6. The largest absolute Gasteiger partial charge is 0.465 e. The first-order valence-corrected chi connectivity index (χ1v) is 11.2. The molecule has 1 aliphatic heterocycles. The van der Waals surface area contributed by atoms with Crippen molar-refractivity contribution in [2.75, 3.05) is 24.5 Å². The number of benzene rings is 3. The maximum absolute atomic E-state index is 13.1. The Hall–Kier alpha value is -4.07. The van der Waals surface area contributed by atoms with E-state index in [2.05, 4.69) is 5.32 Å². The molecule has 1 aliphatic rings. The number of hydrogen-bond acceptors (Lipinski definition) is 5. The van der Waals surface area contributed by atoms with Crippen molar-refractivity contribution in [2.45, 2.75) is 25.6 Å². The molecule has 0 spiro atoms. The van der Waals surface area contributed by atoms with Gasteiger partial charge in [0.05, 0.1) is 0 Å². The number of esters is 1. The highest BCUT2D eigenvalue weighted by molar-refractivity contribution is 5.95. The third-order valence-corrected chi connectivity index (χ3v) is 5.97. The van der Waals surface area contributed by atoms with Crippen molar-refractivity contribution in [3.63, 3.8) is 0 Å². The third kappa shape index (κ3) is 5.11. The first-order valence-electron chi connectivity index (χ1n) is 11.2. The second kappa shape index (κ2) is 10.2. The van der Waals surface area contributed by atoms with Crippen LogP contribution in [0, 0.1) is 0 Å². The zero-order valence-corrected chi connectivity index (χ0v) is 18.9. The van der Waals surface area contributed by atoms with Gasteiger partial charge in [0.15, 0.2) is 0 Å². The SMILES string of the molecule is CC(NC(=O)C1CN(c2cccc3ccccc23)CCN1C(=O)O)C(=O)OCc1ccccc1. The summed E-state index contributed by atoms with van der Waals surface area (Å²) >= 11 is 0. The molecule has 0 aliphatic carbocycles. The zero-order valence-electron chi connectivity index (χ0n) is 18.9. The molecule has 2 amide bonds. The molecule has 2 atom stereocenters. The number of fused-ring (bicyclic) bond motifs is 1. The normalized spacial score (nSPS) is 16.7. The van der Waals surface area contributed by atoms with E-state index in [1.165, 1.54) is 6.92 Å². The fourth-order valence-electron chi connectivity index (χ4n) is 4.16. The lowest BCUT2D eigenvalue weighted by atomic mass is 10.1. The molecule has 176 valence electrons. The molecule has 8 nitrogen and oxygen atoms in total. The lowest BCUT2D eigenvalue weighted by molar-refractivity contribution is -0.149. The standard InChI is InChI=1S/C26H27N3O5/c1-18(25(31)34-17-19-8-3-2-4-9-19)27-24(30)23-16-28(14-15-29(23)26(32)33)22-13-7-11-20-10-5-6-12-21(20)22/h2-13,18,23H,14-17H2,1H3,(H,27,30)(H,32,33). The number of amides is 2. The zero-order chi connectivity index (χ0) is 24.1. The predicted molar refractivity (Wildman–Crippen MR) is 129 cm³/mol. The second-order valence-electron chi connectivity index (χ2n) is 8.26. The molecule has 8 heteroatoms. The average Bonchev–Trinajstić information content (AvgIpc) is 2.87. The van der Waals surface area contributed by atoms with Gasteiger partial charge in [-0.2, -0.15) is 0 Å². The summed E-state index contributed by atoms with van der Waals surface area (Å²) in [6.07, 6.45) is -1.17. The van der Waals surface area contributed by atoms with Crippen LogP contribution in [0.3, 0.4) is 0 Å². The number of ether oxygens (including phenoxy) is 1. The molecule has 0 bridgehead atoms. The van der Waals surface area contributed by atoms with Crippen molar-refractivity contribution >= 4 is 34.4 Å². The number of carboxylic acid groups (broad SMARTS) is 1. The highest BCUT2D eigenvalue weighted by Gasteiger charge is 2.37. The Labute approximate surface area is 197 Å². The molecule has 2 unspecified atom stereocenters. The molecule has 3 aromatic carbocycles. The van der Waals surface area contributed by atoms with Crippen LogP contribution in [0.25, 0.3) is 10.8 Å². The van der Waals surface area contributed by atoms with Gasteiger partial charge in [-0.3, -0.25) is 9.69 Å². The summed E-state index contributed by atoms with van der Waals surface area (Å²) in [5.74, 6) is -1.11. The molecular formula is C26H27N3O5. The van der Waals surface area contributed by atoms with E-state index in [4.69, 9.17) is 4.74 Å². The molecule has 0 radical (unpaired) electrons. The van der Waals surface area contributed by atoms with E-state index in [0.717, 1.165) is 26.9 Å². The van der Waals surface area contributed by atoms with Gasteiger partial charge >= 0.3 is 12.1 Å². The first kappa shape index (κ1) is 23.1. The topological polar surface area (TPSA) is 99.2 Å². The maximum Gasteiger partial charge on any atom is 0.408 e. The maximum atomic E-state index is 13.1. The Morgan fingerprint density at radius 3 is 2.47 bits per heavy atom. The number of carbonyl (C=O) groups excluding carboxylic acids is 2. The predicted octanol–water partition coefficient (Wildman–Crippen LogP) is 3.26. The van der Waals surface area contributed by atoms with Gasteiger partial charge in [0.2, 0.25) is 5.91 Å². The van der Waals surface area contributed by atoms with Crippen LogP contribution < -0.4 is 10.2 Å². The van der Waals surface area contributed by atoms with Crippen molar-refractivity contribution in [2.24, 2.45) is 0 Å². The van der Waals surface area contributed by atoms with E-state index in [1.807, 2.05) is 77.7 Å². The van der Waals surface area contributed by atoms with Gasteiger partial charge in [0.1, 0.15) is 18.7 Å². The van der Waals surface area contributed by atoms with Gasteiger partial charge in [0, 0.05) is 30.7 Å². The number of nitrogens with zero attached hydrogens (tertiary/aromatic N) is 2. The smallest absolute Gasteiger partial charge is 0.408 e. The molecular weight excluding hydrogens is 434 g/mol. The summed E-state index contributed by atoms with van der Waals surface area (Å²) in [4.78, 5) is 40.5. The highest BCUT2D eigenvalue weighted by atomic mass is 16.5. The summed E-state index contributed by atoms with van der Waals surface area (Å²) in [5, 5.41) is 14.4. The van der Waals surface area contributed by atoms with E-state index in [9.17, 15) is 19.5 Å². The molecule has 34 heavy (non-hydrogen) atoms. The summed E-state index contributed by atoms with van der Waals surface area (Å²) in [7, 11) is 0. The van der Waals surface area contributed by atoms with Gasteiger partial charge in [-0.15, -0.1) is 0 Å². The van der Waals surface area contributed by atoms with Crippen LogP contribution in [-0.2, 0) is 20.9 Å². The monoisotopic (exact) mass is 461 g/mol. The van der Waals surface area contributed by atoms with Crippen molar-refractivity contribution < 1.29 is 24.2 Å². The van der Waals surface area contributed by atoms with E-state index >= 15 is 0 Å². The average molecular weight is 462 g/mol. The molecule has 1 saturated heterocycles. The number of nitrogens with one attached hydrogen (secondary N) is 1. The summed E-state index contributed by atoms with van der Waals surface area (Å²) in [5.41, 5.74) is 1.78. The molecule has 0 saturated carbocycles. The second-order valence-corrected chi connectivity index (χ2v) is 8.26. The quantitative estimate of drug-likeness (QED) is 0.547. The van der Waals surface area contributed by atoms with Crippen LogP contribution in [0.1, 0.15) is 12.5 Å². The van der Waals surface area contributed by atoms with Gasteiger partial charge in [-0.05, 0) is 23.9 Å². The van der Waals surface area contributed by atoms with Crippen LogP contribution in [0.2, 0.25) is 0 Å². The van der Waals surface area contributed by atoms with Crippen LogP contribution in [0.5, 0.6) is 0 Å². The van der Waals surface area contributed by atoms with E-state index < -0.39 is 30.1 Å². The van der Waals surface area contributed by atoms with Gasteiger partial charge < -0.3 is 20.1 Å². The summed E-state index contributed by atoms with van der Waals surface area (Å²) in [6.45, 7) is 2.43. The van der Waals surface area contributed by atoms with E-state index in [1.54, 1.807) is 0 Å². The van der Waals surface area contributed by atoms with Crippen molar-refractivity contribution in [1.29, 1.82) is 0 Å². The number of anilines is 1. The lowest BCUT2D eigenvalue weighted by Crippen LogP contribution is -2.61. The van der Waals surface area contributed by atoms with Crippen molar-refractivity contribution in [3.8, 4) is 0 Å². The Balaban J connectivity index is 1.45. The van der Waals surface area contributed by atoms with Crippen LogP contribution in [-0.4, -0.2) is 59.7 Å². The molecule has 0 aromatic heterocycles. The molecule has 2 N–H and O–H groups in total. The third-order valence-electron chi connectivity index (χ3n) is 5.97. The number of piperazine rings is 1. The Kier molecular flexibility index (Phi) is 6.96.